The molecule has 0 saturated heterocycles. The minimum atomic E-state index is -0.583. The summed E-state index contributed by atoms with van der Waals surface area (Å²) in [5, 5.41) is 19.8. The van der Waals surface area contributed by atoms with Crippen molar-refractivity contribution >= 4 is 0 Å². The molecule has 0 heterocycles. The van der Waals surface area contributed by atoms with Gasteiger partial charge in [-0.3, -0.25) is 0 Å². The first-order valence-electron chi connectivity index (χ1n) is 8.87. The summed E-state index contributed by atoms with van der Waals surface area (Å²) in [5.74, 6) is 0.808. The maximum absolute atomic E-state index is 10.0. The van der Waals surface area contributed by atoms with Gasteiger partial charge in [0.25, 0.3) is 0 Å². The molecule has 26 heavy (non-hydrogen) atoms. The lowest BCUT2D eigenvalue weighted by molar-refractivity contribution is -0.104. The third kappa shape index (κ3) is 9.89. The SMILES string of the molecule is C=CC[C@H](O)C[C@H](O)CC[C@H](COCc1ccc(OC)cc1)OCOC. The van der Waals surface area contributed by atoms with E-state index in [0.717, 1.165) is 11.3 Å². The Kier molecular flexibility index (Phi) is 11.9. The van der Waals surface area contributed by atoms with Crippen LogP contribution in [0.5, 0.6) is 5.75 Å². The summed E-state index contributed by atoms with van der Waals surface area (Å²) in [4.78, 5) is 0. The van der Waals surface area contributed by atoms with Crippen LogP contribution in [0.3, 0.4) is 0 Å². The number of hydrogen-bond donors (Lipinski definition) is 2. The van der Waals surface area contributed by atoms with Gasteiger partial charge in [0, 0.05) is 7.11 Å². The maximum atomic E-state index is 10.0. The standard InChI is InChI=1S/C20H32O6/c1-4-5-17(21)12-18(22)8-11-20(26-15-23-2)14-25-13-16-6-9-19(24-3)10-7-16/h4,6-7,9-10,17-18,20-22H,1,5,8,11-15H2,2-3H3/t17-,18+,20+/m0/s1. The first-order chi connectivity index (χ1) is 12.6. The first kappa shape index (κ1) is 22.6. The summed E-state index contributed by atoms with van der Waals surface area (Å²) in [6.45, 7) is 4.63. The number of aliphatic hydroxyl groups excluding tert-OH is 2. The summed E-state index contributed by atoms with van der Waals surface area (Å²) < 4.78 is 21.4. The van der Waals surface area contributed by atoms with Gasteiger partial charge in [-0.25, -0.2) is 0 Å². The number of hydrogen-bond acceptors (Lipinski definition) is 6. The van der Waals surface area contributed by atoms with Crippen LogP contribution in [0.15, 0.2) is 36.9 Å². The highest BCUT2D eigenvalue weighted by molar-refractivity contribution is 5.26. The number of ether oxygens (including phenoxy) is 4. The van der Waals surface area contributed by atoms with Crippen LogP contribution in [0.2, 0.25) is 0 Å². The Morgan fingerprint density at radius 1 is 1.08 bits per heavy atom. The van der Waals surface area contributed by atoms with Crippen molar-refractivity contribution in [3.05, 3.63) is 42.5 Å². The number of aliphatic hydroxyl groups is 2. The van der Waals surface area contributed by atoms with E-state index in [4.69, 9.17) is 18.9 Å². The zero-order chi connectivity index (χ0) is 19.2. The van der Waals surface area contributed by atoms with Gasteiger partial charge in [-0.15, -0.1) is 6.58 Å². The molecule has 1 aromatic carbocycles. The van der Waals surface area contributed by atoms with Crippen molar-refractivity contribution in [1.82, 2.24) is 0 Å². The molecule has 0 aliphatic heterocycles. The third-order valence-electron chi connectivity index (χ3n) is 3.96. The fourth-order valence-electron chi connectivity index (χ4n) is 2.51. The fourth-order valence-corrected chi connectivity index (χ4v) is 2.51. The lowest BCUT2D eigenvalue weighted by Crippen LogP contribution is -2.24. The van der Waals surface area contributed by atoms with E-state index in [1.165, 1.54) is 0 Å². The van der Waals surface area contributed by atoms with Crippen LogP contribution in [0, 0.1) is 0 Å². The molecule has 148 valence electrons. The molecule has 0 fully saturated rings. The van der Waals surface area contributed by atoms with Crippen molar-refractivity contribution in [3.63, 3.8) is 0 Å². The lowest BCUT2D eigenvalue weighted by atomic mass is 10.0. The van der Waals surface area contributed by atoms with E-state index in [2.05, 4.69) is 6.58 Å². The highest BCUT2D eigenvalue weighted by Crippen LogP contribution is 2.14. The molecule has 0 aromatic heterocycles. The average molecular weight is 368 g/mol. The van der Waals surface area contributed by atoms with E-state index in [1.807, 2.05) is 24.3 Å². The zero-order valence-corrected chi connectivity index (χ0v) is 15.8. The summed E-state index contributed by atoms with van der Waals surface area (Å²) in [7, 11) is 3.20. The second-order valence-corrected chi connectivity index (χ2v) is 6.20. The molecule has 2 N–H and O–H groups in total. The van der Waals surface area contributed by atoms with Crippen LogP contribution < -0.4 is 4.74 Å². The normalized spacial score (nSPS) is 14.6. The van der Waals surface area contributed by atoms with E-state index in [-0.39, 0.29) is 12.9 Å². The van der Waals surface area contributed by atoms with Crippen molar-refractivity contribution < 1.29 is 29.2 Å². The van der Waals surface area contributed by atoms with Gasteiger partial charge < -0.3 is 29.2 Å². The molecule has 0 saturated carbocycles. The Balaban J connectivity index is 2.36. The van der Waals surface area contributed by atoms with E-state index in [9.17, 15) is 10.2 Å². The van der Waals surface area contributed by atoms with Gasteiger partial charge in [0.1, 0.15) is 12.5 Å². The smallest absolute Gasteiger partial charge is 0.146 e. The molecule has 6 heteroatoms. The number of methoxy groups -OCH3 is 2. The summed E-state index contributed by atoms with van der Waals surface area (Å²) in [6.07, 6.45) is 2.27. The highest BCUT2D eigenvalue weighted by Gasteiger charge is 2.15. The molecule has 0 bridgehead atoms. The second-order valence-electron chi connectivity index (χ2n) is 6.20. The van der Waals surface area contributed by atoms with Crippen LogP contribution in [-0.2, 0) is 20.8 Å². The van der Waals surface area contributed by atoms with Crippen molar-refractivity contribution in [3.8, 4) is 5.75 Å². The van der Waals surface area contributed by atoms with E-state index in [0.29, 0.717) is 38.9 Å². The summed E-state index contributed by atoms with van der Waals surface area (Å²) in [5.41, 5.74) is 1.05. The van der Waals surface area contributed by atoms with Gasteiger partial charge in [-0.05, 0) is 43.4 Å². The van der Waals surface area contributed by atoms with Crippen molar-refractivity contribution in [2.45, 2.75) is 50.6 Å². The largest absolute Gasteiger partial charge is 0.497 e. The topological polar surface area (TPSA) is 77.4 Å². The van der Waals surface area contributed by atoms with Crippen LogP contribution in [0.4, 0.5) is 0 Å². The van der Waals surface area contributed by atoms with Gasteiger partial charge >= 0.3 is 0 Å². The predicted octanol–water partition coefficient (Wildman–Crippen LogP) is 2.67. The fraction of sp³-hybridized carbons (Fsp3) is 0.600. The Morgan fingerprint density at radius 2 is 1.81 bits per heavy atom. The molecule has 0 unspecified atom stereocenters. The lowest BCUT2D eigenvalue weighted by Gasteiger charge is -2.20. The quantitative estimate of drug-likeness (QED) is 0.366. The van der Waals surface area contributed by atoms with Crippen molar-refractivity contribution in [2.75, 3.05) is 27.6 Å². The van der Waals surface area contributed by atoms with Crippen LogP contribution in [0.1, 0.15) is 31.2 Å². The Hall–Kier alpha value is -1.44. The van der Waals surface area contributed by atoms with Gasteiger partial charge in [-0.1, -0.05) is 18.2 Å². The van der Waals surface area contributed by atoms with Gasteiger partial charge in [0.15, 0.2) is 0 Å². The molecule has 1 rings (SSSR count). The zero-order valence-electron chi connectivity index (χ0n) is 15.8. The highest BCUT2D eigenvalue weighted by atomic mass is 16.7. The Bertz CT molecular complexity index is 476. The number of benzene rings is 1. The Labute approximate surface area is 156 Å². The van der Waals surface area contributed by atoms with Gasteiger partial charge in [-0.2, -0.15) is 0 Å². The number of rotatable bonds is 15. The van der Waals surface area contributed by atoms with E-state index < -0.39 is 12.2 Å². The molecule has 0 spiro atoms. The summed E-state index contributed by atoms with van der Waals surface area (Å²) in [6, 6.07) is 7.69. The molecular formula is C20H32O6. The molecule has 1 aromatic rings. The predicted molar refractivity (Wildman–Crippen MR) is 100 cm³/mol. The van der Waals surface area contributed by atoms with Crippen molar-refractivity contribution in [2.24, 2.45) is 0 Å². The van der Waals surface area contributed by atoms with Crippen LogP contribution >= 0.6 is 0 Å². The van der Waals surface area contributed by atoms with Gasteiger partial charge in [0.05, 0.1) is 38.6 Å². The second kappa shape index (κ2) is 13.7. The van der Waals surface area contributed by atoms with Crippen LogP contribution in [0.25, 0.3) is 0 Å². The minimum absolute atomic E-state index is 0.172. The average Bonchev–Trinajstić information content (AvgIpc) is 2.64. The van der Waals surface area contributed by atoms with E-state index in [1.54, 1.807) is 20.3 Å². The molecule has 3 atom stereocenters. The van der Waals surface area contributed by atoms with E-state index >= 15 is 0 Å². The van der Waals surface area contributed by atoms with Crippen molar-refractivity contribution in [1.29, 1.82) is 0 Å². The molecule has 0 aliphatic carbocycles. The summed E-state index contributed by atoms with van der Waals surface area (Å²) >= 11 is 0. The monoisotopic (exact) mass is 368 g/mol. The third-order valence-corrected chi connectivity index (χ3v) is 3.96. The molecular weight excluding hydrogens is 336 g/mol. The first-order valence-corrected chi connectivity index (χ1v) is 8.87. The van der Waals surface area contributed by atoms with Crippen LogP contribution in [-0.4, -0.2) is 56.1 Å². The minimum Gasteiger partial charge on any atom is -0.497 e. The van der Waals surface area contributed by atoms with Gasteiger partial charge in [0.2, 0.25) is 0 Å². The molecule has 0 amide bonds. The molecule has 0 radical (unpaired) electrons. The molecule has 6 nitrogen and oxygen atoms in total. The molecule has 0 aliphatic rings. The maximum Gasteiger partial charge on any atom is 0.146 e. The Morgan fingerprint density at radius 3 is 2.42 bits per heavy atom.